The van der Waals surface area contributed by atoms with Crippen LogP contribution in [-0.2, 0) is 6.42 Å². The molecule has 0 bridgehead atoms. The summed E-state index contributed by atoms with van der Waals surface area (Å²) in [6, 6.07) is 24.3. The largest absolute Gasteiger partial charge is 0.454 e. The second-order valence-corrected chi connectivity index (χ2v) is 6.75. The first kappa shape index (κ1) is 17.3. The van der Waals surface area contributed by atoms with Gasteiger partial charge in [-0.1, -0.05) is 42.5 Å². The Labute approximate surface area is 167 Å². The molecule has 0 fully saturated rings. The number of rotatable bonds is 4. The third kappa shape index (κ3) is 3.50. The van der Waals surface area contributed by atoms with Gasteiger partial charge in [-0.25, -0.2) is 4.79 Å². The van der Waals surface area contributed by atoms with Crippen molar-refractivity contribution in [1.82, 2.24) is 4.98 Å². The summed E-state index contributed by atoms with van der Waals surface area (Å²) in [4.78, 5) is 17.6. The van der Waals surface area contributed by atoms with Crippen molar-refractivity contribution in [3.8, 4) is 17.2 Å². The van der Waals surface area contributed by atoms with Gasteiger partial charge in [-0.15, -0.1) is 0 Å². The van der Waals surface area contributed by atoms with Crippen molar-refractivity contribution in [3.05, 3.63) is 95.7 Å². The minimum Gasteiger partial charge on any atom is -0.454 e. The molecule has 0 aliphatic carbocycles. The van der Waals surface area contributed by atoms with Gasteiger partial charge in [0.15, 0.2) is 11.5 Å². The topological polar surface area (TPSA) is 57.7 Å². The summed E-state index contributed by atoms with van der Waals surface area (Å²) in [6.07, 6.45) is 0.563. The highest BCUT2D eigenvalue weighted by atomic mass is 16.7. The van der Waals surface area contributed by atoms with Gasteiger partial charge >= 0.3 is 5.97 Å². The quantitative estimate of drug-likeness (QED) is 0.375. The van der Waals surface area contributed by atoms with E-state index in [-0.39, 0.29) is 6.79 Å². The predicted molar refractivity (Wildman–Crippen MR) is 109 cm³/mol. The van der Waals surface area contributed by atoms with Gasteiger partial charge in [-0.05, 0) is 42.0 Å². The average Bonchev–Trinajstić information content (AvgIpc) is 3.22. The number of pyridine rings is 1. The Hall–Kier alpha value is -3.86. The molecule has 1 aliphatic rings. The molecular formula is C24H17NO4. The van der Waals surface area contributed by atoms with E-state index in [0.29, 0.717) is 17.7 Å². The molecular weight excluding hydrogens is 366 g/mol. The van der Waals surface area contributed by atoms with Crippen molar-refractivity contribution >= 4 is 16.9 Å². The lowest BCUT2D eigenvalue weighted by Crippen LogP contribution is -2.10. The summed E-state index contributed by atoms with van der Waals surface area (Å²) < 4.78 is 16.4. The number of fused-ring (bicyclic) bond motifs is 2. The van der Waals surface area contributed by atoms with Crippen LogP contribution in [0.4, 0.5) is 0 Å². The van der Waals surface area contributed by atoms with E-state index in [0.717, 1.165) is 33.7 Å². The number of carbonyl (C=O) groups excluding carboxylic acids is 1. The molecule has 0 radical (unpaired) electrons. The molecule has 1 aliphatic heterocycles. The summed E-state index contributed by atoms with van der Waals surface area (Å²) in [5.41, 5.74) is 3.06. The molecule has 4 aromatic rings. The summed E-state index contributed by atoms with van der Waals surface area (Å²) in [6.45, 7) is 0.239. The monoisotopic (exact) mass is 383 g/mol. The van der Waals surface area contributed by atoms with Gasteiger partial charge in [0, 0.05) is 17.5 Å². The molecule has 5 nitrogen and oxygen atoms in total. The molecule has 0 saturated heterocycles. The van der Waals surface area contributed by atoms with Gasteiger partial charge in [0.1, 0.15) is 5.75 Å². The SMILES string of the molecule is O=C(Oc1ccccc1)c1cc(Cc2ccc3c(c2)OCO3)nc2ccccc12. The molecule has 1 aromatic heterocycles. The van der Waals surface area contributed by atoms with Crippen LogP contribution >= 0.6 is 0 Å². The van der Waals surface area contributed by atoms with E-state index in [9.17, 15) is 4.79 Å². The van der Waals surface area contributed by atoms with Gasteiger partial charge in [0.2, 0.25) is 6.79 Å². The normalized spacial score (nSPS) is 12.1. The van der Waals surface area contributed by atoms with Gasteiger partial charge in [0.05, 0.1) is 11.1 Å². The van der Waals surface area contributed by atoms with Gasteiger partial charge in [0.25, 0.3) is 0 Å². The fraction of sp³-hybridized carbons (Fsp3) is 0.0833. The van der Waals surface area contributed by atoms with Crippen molar-refractivity contribution in [2.45, 2.75) is 6.42 Å². The number of hydrogen-bond acceptors (Lipinski definition) is 5. The number of benzene rings is 3. The third-order valence-electron chi connectivity index (χ3n) is 4.77. The van der Waals surface area contributed by atoms with Crippen LogP contribution in [-0.4, -0.2) is 17.7 Å². The van der Waals surface area contributed by atoms with Crippen molar-refractivity contribution in [3.63, 3.8) is 0 Å². The number of hydrogen-bond donors (Lipinski definition) is 0. The second-order valence-electron chi connectivity index (χ2n) is 6.75. The van der Waals surface area contributed by atoms with E-state index in [4.69, 9.17) is 19.2 Å². The summed E-state index contributed by atoms with van der Waals surface area (Å²) >= 11 is 0. The highest BCUT2D eigenvalue weighted by Gasteiger charge is 2.17. The molecule has 5 rings (SSSR count). The van der Waals surface area contributed by atoms with Crippen LogP contribution in [0, 0.1) is 0 Å². The van der Waals surface area contributed by atoms with Gasteiger partial charge in [-0.2, -0.15) is 0 Å². The number of aromatic nitrogens is 1. The maximum Gasteiger partial charge on any atom is 0.344 e. The highest BCUT2D eigenvalue weighted by molar-refractivity contribution is 6.04. The molecule has 5 heteroatoms. The maximum absolute atomic E-state index is 12.9. The van der Waals surface area contributed by atoms with Gasteiger partial charge < -0.3 is 14.2 Å². The lowest BCUT2D eigenvalue weighted by atomic mass is 10.0. The first-order valence-electron chi connectivity index (χ1n) is 9.31. The lowest BCUT2D eigenvalue weighted by molar-refractivity contribution is 0.0736. The van der Waals surface area contributed by atoms with Crippen LogP contribution in [0.15, 0.2) is 78.9 Å². The number of esters is 1. The van der Waals surface area contributed by atoms with Crippen molar-refractivity contribution < 1.29 is 19.0 Å². The zero-order valence-corrected chi connectivity index (χ0v) is 15.5. The highest BCUT2D eigenvalue weighted by Crippen LogP contribution is 2.33. The van der Waals surface area contributed by atoms with E-state index >= 15 is 0 Å². The molecule has 0 unspecified atom stereocenters. The fourth-order valence-corrected chi connectivity index (χ4v) is 3.40. The van der Waals surface area contributed by atoms with Crippen LogP contribution in [0.2, 0.25) is 0 Å². The van der Waals surface area contributed by atoms with Crippen molar-refractivity contribution in [2.75, 3.05) is 6.79 Å². The fourth-order valence-electron chi connectivity index (χ4n) is 3.40. The Kier molecular flexibility index (Phi) is 4.33. The molecule has 0 atom stereocenters. The van der Waals surface area contributed by atoms with E-state index in [1.165, 1.54) is 0 Å². The van der Waals surface area contributed by atoms with Crippen LogP contribution in [0.1, 0.15) is 21.6 Å². The predicted octanol–water partition coefficient (Wildman–Crippen LogP) is 4.77. The molecule has 0 spiro atoms. The number of nitrogens with zero attached hydrogens (tertiary/aromatic N) is 1. The molecule has 0 N–H and O–H groups in total. The van der Waals surface area contributed by atoms with Gasteiger partial charge in [-0.3, -0.25) is 4.98 Å². The second kappa shape index (κ2) is 7.28. The van der Waals surface area contributed by atoms with E-state index < -0.39 is 5.97 Å². The third-order valence-corrected chi connectivity index (χ3v) is 4.77. The van der Waals surface area contributed by atoms with Crippen LogP contribution in [0.5, 0.6) is 17.2 Å². The first-order valence-corrected chi connectivity index (χ1v) is 9.31. The van der Waals surface area contributed by atoms with E-state index in [2.05, 4.69) is 0 Å². The van der Waals surface area contributed by atoms with Crippen LogP contribution in [0.3, 0.4) is 0 Å². The summed E-state index contributed by atoms with van der Waals surface area (Å²) in [7, 11) is 0. The van der Waals surface area contributed by atoms with E-state index in [1.807, 2.05) is 60.7 Å². The Morgan fingerprint density at radius 1 is 0.897 bits per heavy atom. The standard InChI is InChI=1S/C24H17NO4/c26-24(29-18-6-2-1-3-7-18)20-14-17(25-21-9-5-4-8-19(20)21)12-16-10-11-22-23(13-16)28-15-27-22/h1-11,13-14H,12,15H2. The minimum atomic E-state index is -0.401. The first-order chi connectivity index (χ1) is 14.3. The lowest BCUT2D eigenvalue weighted by Gasteiger charge is -2.10. The Morgan fingerprint density at radius 3 is 2.59 bits per heavy atom. The van der Waals surface area contributed by atoms with Crippen LogP contribution in [0.25, 0.3) is 10.9 Å². The minimum absolute atomic E-state index is 0.239. The van der Waals surface area contributed by atoms with Crippen LogP contribution < -0.4 is 14.2 Å². The molecule has 142 valence electrons. The molecule has 0 amide bonds. The zero-order chi connectivity index (χ0) is 19.6. The molecule has 2 heterocycles. The number of ether oxygens (including phenoxy) is 3. The van der Waals surface area contributed by atoms with E-state index in [1.54, 1.807) is 18.2 Å². The Balaban J connectivity index is 1.51. The maximum atomic E-state index is 12.9. The summed E-state index contributed by atoms with van der Waals surface area (Å²) in [5, 5.41) is 0.767. The smallest absolute Gasteiger partial charge is 0.344 e. The molecule has 0 saturated carbocycles. The van der Waals surface area contributed by atoms with Crippen molar-refractivity contribution in [1.29, 1.82) is 0 Å². The molecule has 29 heavy (non-hydrogen) atoms. The Morgan fingerprint density at radius 2 is 1.69 bits per heavy atom. The molecule has 3 aromatic carbocycles. The zero-order valence-electron chi connectivity index (χ0n) is 15.5. The van der Waals surface area contributed by atoms with Crippen molar-refractivity contribution in [2.24, 2.45) is 0 Å². The summed E-state index contributed by atoms with van der Waals surface area (Å²) in [5.74, 6) is 1.58. The Bertz CT molecular complexity index is 1200. The average molecular weight is 383 g/mol. The number of carbonyl (C=O) groups is 1. The number of para-hydroxylation sites is 2.